The van der Waals surface area contributed by atoms with Gasteiger partial charge in [-0.15, -0.1) is 0 Å². The maximum absolute atomic E-state index is 13.3. The quantitative estimate of drug-likeness (QED) is 0.497. The van der Waals surface area contributed by atoms with Crippen molar-refractivity contribution in [2.45, 2.75) is 47.5 Å². The number of carbonyl (C=O) groups excluding carboxylic acids is 1. The van der Waals surface area contributed by atoms with Crippen LogP contribution in [-0.4, -0.2) is 47.9 Å². The van der Waals surface area contributed by atoms with Crippen molar-refractivity contribution in [3.05, 3.63) is 29.8 Å². The van der Waals surface area contributed by atoms with Crippen molar-refractivity contribution in [2.24, 2.45) is 21.9 Å². The number of anilines is 1. The summed E-state index contributed by atoms with van der Waals surface area (Å²) in [6.07, 6.45) is 1.74. The normalized spacial score (nSPS) is 28.5. The van der Waals surface area contributed by atoms with Gasteiger partial charge in [0, 0.05) is 43.2 Å². The Hall–Kier alpha value is -2.04. The second-order valence-corrected chi connectivity index (χ2v) is 8.93. The Labute approximate surface area is 163 Å². The molecule has 2 fully saturated rings. The van der Waals surface area contributed by atoms with Crippen LogP contribution in [0.4, 0.5) is 5.69 Å². The first-order chi connectivity index (χ1) is 12.7. The van der Waals surface area contributed by atoms with Crippen LogP contribution in [0.2, 0.25) is 0 Å². The molecule has 1 saturated carbocycles. The Morgan fingerprint density at radius 2 is 1.78 bits per heavy atom. The lowest BCUT2D eigenvalue weighted by molar-refractivity contribution is -0.139. The summed E-state index contributed by atoms with van der Waals surface area (Å²) in [7, 11) is 0. The van der Waals surface area contributed by atoms with Gasteiger partial charge in [0.1, 0.15) is 0 Å². The van der Waals surface area contributed by atoms with Gasteiger partial charge in [-0.25, -0.2) is 0 Å². The number of amides is 1. The van der Waals surface area contributed by atoms with E-state index >= 15 is 0 Å². The highest BCUT2D eigenvalue weighted by molar-refractivity contribution is 5.90. The summed E-state index contributed by atoms with van der Waals surface area (Å²) in [5.74, 6) is 0.239. The van der Waals surface area contributed by atoms with Crippen molar-refractivity contribution in [3.63, 3.8) is 0 Å². The maximum Gasteiger partial charge on any atom is 0.226 e. The van der Waals surface area contributed by atoms with Crippen LogP contribution < -0.4 is 4.90 Å². The van der Waals surface area contributed by atoms with Gasteiger partial charge in [0.2, 0.25) is 5.91 Å². The van der Waals surface area contributed by atoms with Crippen LogP contribution in [0.25, 0.3) is 0 Å². The van der Waals surface area contributed by atoms with Gasteiger partial charge in [0.15, 0.2) is 0 Å². The smallest absolute Gasteiger partial charge is 0.226 e. The largest absolute Gasteiger partial charge is 0.411 e. The molecule has 1 aliphatic heterocycles. The molecular weight excluding hydrogens is 338 g/mol. The van der Waals surface area contributed by atoms with Gasteiger partial charge in [-0.05, 0) is 43.7 Å². The summed E-state index contributed by atoms with van der Waals surface area (Å²) in [4.78, 5) is 17.8. The predicted octanol–water partition coefficient (Wildman–Crippen LogP) is 3.94. The van der Waals surface area contributed by atoms with E-state index in [0.717, 1.165) is 44.7 Å². The van der Waals surface area contributed by atoms with E-state index in [4.69, 9.17) is 0 Å². The standard InChI is InChI=1S/C22H33N3O2/c1-16-8-6-7-9-19(16)24-12-14-25(15-13-24)20(26)18-10-11-22(5,17(2)23-27)21(18,3)4/h6-9,18,27H,10-15H2,1-5H3/b23-17+/t18?,22-/m0/s1. The average Bonchev–Trinajstić information content (AvgIpc) is 2.91. The van der Waals surface area contributed by atoms with Crippen LogP contribution in [0.3, 0.4) is 0 Å². The number of hydrogen-bond donors (Lipinski definition) is 1. The van der Waals surface area contributed by atoms with Crippen LogP contribution in [0.5, 0.6) is 0 Å². The number of piperazine rings is 1. The van der Waals surface area contributed by atoms with Crippen LogP contribution in [0.1, 0.15) is 46.1 Å². The molecule has 1 unspecified atom stereocenters. The second-order valence-electron chi connectivity index (χ2n) is 8.93. The first kappa shape index (κ1) is 19.7. The van der Waals surface area contributed by atoms with Gasteiger partial charge in [-0.2, -0.15) is 0 Å². The topological polar surface area (TPSA) is 56.1 Å². The predicted molar refractivity (Wildman–Crippen MR) is 109 cm³/mol. The molecule has 0 radical (unpaired) electrons. The SMILES string of the molecule is C/C(=N\O)[C@]1(C)CCC(C(=O)N2CCN(c3ccccc3C)CC2)C1(C)C. The van der Waals surface area contributed by atoms with E-state index in [1.807, 2.05) is 11.8 Å². The first-order valence-corrected chi connectivity index (χ1v) is 10.0. The molecule has 3 rings (SSSR count). The van der Waals surface area contributed by atoms with Gasteiger partial charge in [0.25, 0.3) is 0 Å². The lowest BCUT2D eigenvalue weighted by atomic mass is 9.63. The number of benzene rings is 1. The zero-order chi connectivity index (χ0) is 19.8. The molecule has 27 heavy (non-hydrogen) atoms. The van der Waals surface area contributed by atoms with Crippen molar-refractivity contribution >= 4 is 17.3 Å². The van der Waals surface area contributed by atoms with Crippen LogP contribution in [-0.2, 0) is 4.79 Å². The average molecular weight is 372 g/mol. The van der Waals surface area contributed by atoms with Gasteiger partial charge >= 0.3 is 0 Å². The highest BCUT2D eigenvalue weighted by Gasteiger charge is 2.56. The Bertz CT molecular complexity index is 735. The Morgan fingerprint density at radius 3 is 2.37 bits per heavy atom. The Kier molecular flexibility index (Phi) is 5.24. The zero-order valence-corrected chi connectivity index (χ0v) is 17.3. The summed E-state index contributed by atoms with van der Waals surface area (Å²) in [6, 6.07) is 8.44. The van der Waals surface area contributed by atoms with E-state index in [-0.39, 0.29) is 22.7 Å². The van der Waals surface area contributed by atoms with E-state index < -0.39 is 0 Å². The minimum absolute atomic E-state index is 0.0239. The molecule has 0 bridgehead atoms. The summed E-state index contributed by atoms with van der Waals surface area (Å²) in [6.45, 7) is 13.7. The van der Waals surface area contributed by atoms with Crippen LogP contribution in [0.15, 0.2) is 29.4 Å². The molecular formula is C22H33N3O2. The van der Waals surface area contributed by atoms with Crippen molar-refractivity contribution < 1.29 is 10.0 Å². The number of aryl methyl sites for hydroxylation is 1. The second kappa shape index (κ2) is 7.17. The number of nitrogens with zero attached hydrogens (tertiary/aromatic N) is 3. The van der Waals surface area contributed by atoms with Gasteiger partial charge in [-0.3, -0.25) is 4.79 Å². The molecule has 1 heterocycles. The first-order valence-electron chi connectivity index (χ1n) is 10.0. The minimum atomic E-state index is -0.245. The number of para-hydroxylation sites is 1. The van der Waals surface area contributed by atoms with Crippen LogP contribution in [0, 0.1) is 23.7 Å². The summed E-state index contributed by atoms with van der Waals surface area (Å²) in [5.41, 5.74) is 2.81. The highest BCUT2D eigenvalue weighted by Crippen LogP contribution is 2.57. The summed E-state index contributed by atoms with van der Waals surface area (Å²) < 4.78 is 0. The highest BCUT2D eigenvalue weighted by atomic mass is 16.4. The molecule has 1 amide bonds. The fraction of sp³-hybridized carbons (Fsp3) is 0.636. The molecule has 1 N–H and O–H groups in total. The molecule has 1 aliphatic carbocycles. The molecule has 0 spiro atoms. The summed E-state index contributed by atoms with van der Waals surface area (Å²) in [5, 5.41) is 12.8. The van der Waals surface area contributed by atoms with Crippen molar-refractivity contribution in [1.82, 2.24) is 4.90 Å². The van der Waals surface area contributed by atoms with E-state index in [1.54, 1.807) is 0 Å². The minimum Gasteiger partial charge on any atom is -0.411 e. The monoisotopic (exact) mass is 371 g/mol. The molecule has 1 saturated heterocycles. The molecule has 0 aromatic heterocycles. The fourth-order valence-corrected chi connectivity index (χ4v) is 5.00. The van der Waals surface area contributed by atoms with E-state index in [2.05, 4.69) is 62.0 Å². The third-order valence-electron chi connectivity index (χ3n) is 7.52. The van der Waals surface area contributed by atoms with Crippen LogP contribution >= 0.6 is 0 Å². The summed E-state index contributed by atoms with van der Waals surface area (Å²) >= 11 is 0. The van der Waals surface area contributed by atoms with Crippen molar-refractivity contribution in [3.8, 4) is 0 Å². The van der Waals surface area contributed by atoms with E-state index in [0.29, 0.717) is 0 Å². The van der Waals surface area contributed by atoms with Gasteiger partial charge in [-0.1, -0.05) is 44.1 Å². The lowest BCUT2D eigenvalue weighted by Crippen LogP contribution is -2.53. The van der Waals surface area contributed by atoms with E-state index in [1.165, 1.54) is 11.3 Å². The number of carbonyl (C=O) groups is 1. The zero-order valence-electron chi connectivity index (χ0n) is 17.3. The molecule has 5 heteroatoms. The number of oxime groups is 1. The van der Waals surface area contributed by atoms with Crippen molar-refractivity contribution in [2.75, 3.05) is 31.1 Å². The molecule has 1 aromatic rings. The Balaban J connectivity index is 1.69. The van der Waals surface area contributed by atoms with Crippen molar-refractivity contribution in [1.29, 1.82) is 0 Å². The van der Waals surface area contributed by atoms with Gasteiger partial charge < -0.3 is 15.0 Å². The third-order valence-corrected chi connectivity index (χ3v) is 7.52. The van der Waals surface area contributed by atoms with Gasteiger partial charge in [0.05, 0.1) is 5.71 Å². The number of hydrogen-bond acceptors (Lipinski definition) is 4. The molecule has 1 aromatic carbocycles. The molecule has 2 atom stereocenters. The Morgan fingerprint density at radius 1 is 1.15 bits per heavy atom. The third kappa shape index (κ3) is 3.21. The number of rotatable bonds is 3. The molecule has 5 nitrogen and oxygen atoms in total. The molecule has 148 valence electrons. The van der Waals surface area contributed by atoms with E-state index in [9.17, 15) is 10.0 Å². The fourth-order valence-electron chi connectivity index (χ4n) is 5.00. The maximum atomic E-state index is 13.3. The molecule has 2 aliphatic rings. The lowest BCUT2D eigenvalue weighted by Gasteiger charge is -2.43.